The number of nitrogens with zero attached hydrogens (tertiary/aromatic N) is 4. The van der Waals surface area contributed by atoms with Gasteiger partial charge in [-0.05, 0) is 53.8 Å². The van der Waals surface area contributed by atoms with E-state index in [9.17, 15) is 0 Å². The van der Waals surface area contributed by atoms with Gasteiger partial charge in [-0.25, -0.2) is 4.68 Å². The first-order valence-electron chi connectivity index (χ1n) is 15.4. The first-order valence-corrected chi connectivity index (χ1v) is 16.2. The SMILES string of the molecule is CCC1(C)c2sc(-n3cc(-c4cc(-c5ccccc5)ccc4-c4ccccc4)nn3)cc2-c2cccc[n+]2C1(CC)CC. The summed E-state index contributed by atoms with van der Waals surface area (Å²) in [7, 11) is 0. The second kappa shape index (κ2) is 10.7. The second-order valence-electron chi connectivity index (χ2n) is 11.7. The fourth-order valence-electron chi connectivity index (χ4n) is 7.40. The van der Waals surface area contributed by atoms with Crippen LogP contribution >= 0.6 is 11.3 Å². The molecule has 3 aromatic heterocycles. The van der Waals surface area contributed by atoms with Crippen LogP contribution in [0.1, 0.15) is 51.8 Å². The van der Waals surface area contributed by atoms with E-state index < -0.39 is 0 Å². The molecule has 0 N–H and O–H groups in total. The largest absolute Gasteiger partial charge is 0.214 e. The maximum Gasteiger partial charge on any atom is 0.214 e. The molecule has 4 nitrogen and oxygen atoms in total. The van der Waals surface area contributed by atoms with Gasteiger partial charge in [0.1, 0.15) is 10.7 Å². The van der Waals surface area contributed by atoms with Crippen LogP contribution in [-0.4, -0.2) is 15.0 Å². The zero-order chi connectivity index (χ0) is 29.6. The normalized spacial score (nSPS) is 16.9. The molecule has 1 unspecified atom stereocenters. The third-order valence-electron chi connectivity index (χ3n) is 9.93. The average molecular weight is 582 g/mol. The van der Waals surface area contributed by atoms with Crippen LogP contribution in [0.4, 0.5) is 0 Å². The van der Waals surface area contributed by atoms with Crippen LogP contribution in [0.25, 0.3) is 49.8 Å². The lowest BCUT2D eigenvalue weighted by Crippen LogP contribution is -2.68. The van der Waals surface area contributed by atoms with Crippen LogP contribution in [-0.2, 0) is 11.0 Å². The van der Waals surface area contributed by atoms with E-state index >= 15 is 0 Å². The zero-order valence-electron chi connectivity index (χ0n) is 25.3. The van der Waals surface area contributed by atoms with Crippen molar-refractivity contribution in [3.05, 3.63) is 120 Å². The van der Waals surface area contributed by atoms with E-state index in [-0.39, 0.29) is 11.0 Å². The van der Waals surface area contributed by atoms with Crippen LogP contribution < -0.4 is 4.57 Å². The summed E-state index contributed by atoms with van der Waals surface area (Å²) >= 11 is 1.87. The molecule has 0 spiro atoms. The molecule has 214 valence electrons. The van der Waals surface area contributed by atoms with E-state index in [4.69, 9.17) is 10.3 Å². The van der Waals surface area contributed by atoms with E-state index in [0.29, 0.717) is 0 Å². The highest BCUT2D eigenvalue weighted by atomic mass is 32.1. The summed E-state index contributed by atoms with van der Waals surface area (Å²) in [5.41, 5.74) is 9.24. The Hall–Kier alpha value is -4.35. The molecule has 0 radical (unpaired) electrons. The highest BCUT2D eigenvalue weighted by Crippen LogP contribution is 2.54. The van der Waals surface area contributed by atoms with Crippen molar-refractivity contribution in [3.63, 3.8) is 0 Å². The van der Waals surface area contributed by atoms with Gasteiger partial charge in [0, 0.05) is 35.4 Å². The smallest absolute Gasteiger partial charge is 0.210 e. The van der Waals surface area contributed by atoms with Crippen molar-refractivity contribution in [2.75, 3.05) is 0 Å². The molecule has 43 heavy (non-hydrogen) atoms. The molecule has 1 aliphatic rings. The Morgan fingerprint density at radius 1 is 0.698 bits per heavy atom. The molecule has 7 rings (SSSR count). The van der Waals surface area contributed by atoms with Crippen molar-refractivity contribution in [1.82, 2.24) is 15.0 Å². The highest BCUT2D eigenvalue weighted by Gasteiger charge is 2.59. The number of aromatic nitrogens is 4. The first-order chi connectivity index (χ1) is 21.0. The third kappa shape index (κ3) is 4.21. The molecule has 1 aliphatic heterocycles. The van der Waals surface area contributed by atoms with Gasteiger partial charge in [-0.1, -0.05) is 98.8 Å². The summed E-state index contributed by atoms with van der Waals surface area (Å²) in [6, 6.07) is 36.7. The number of hydrogen-bond acceptors (Lipinski definition) is 3. The lowest BCUT2D eigenvalue weighted by molar-refractivity contribution is -0.769. The summed E-state index contributed by atoms with van der Waals surface area (Å²) < 4.78 is 4.54. The lowest BCUT2D eigenvalue weighted by Gasteiger charge is -2.46. The maximum absolute atomic E-state index is 4.77. The van der Waals surface area contributed by atoms with E-state index in [1.54, 1.807) is 0 Å². The molecule has 0 aliphatic carbocycles. The number of benzene rings is 3. The van der Waals surface area contributed by atoms with E-state index in [1.807, 2.05) is 16.0 Å². The van der Waals surface area contributed by atoms with Crippen LogP contribution in [0.2, 0.25) is 0 Å². The first kappa shape index (κ1) is 27.5. The predicted molar refractivity (Wildman–Crippen MR) is 177 cm³/mol. The van der Waals surface area contributed by atoms with Gasteiger partial charge in [-0.15, -0.1) is 16.4 Å². The number of rotatable bonds is 7. The summed E-state index contributed by atoms with van der Waals surface area (Å²) in [5.74, 6) is 0. The van der Waals surface area contributed by atoms with Crippen LogP contribution in [0, 0.1) is 0 Å². The number of fused-ring (bicyclic) bond motifs is 3. The molecule has 0 amide bonds. The van der Waals surface area contributed by atoms with E-state index in [2.05, 4.69) is 148 Å². The van der Waals surface area contributed by atoms with Crippen molar-refractivity contribution < 1.29 is 4.57 Å². The Morgan fingerprint density at radius 2 is 1.40 bits per heavy atom. The number of pyridine rings is 1. The molecular weight excluding hydrogens is 545 g/mol. The van der Waals surface area contributed by atoms with Crippen molar-refractivity contribution in [1.29, 1.82) is 0 Å². The Bertz CT molecular complexity index is 1900. The minimum Gasteiger partial charge on any atom is -0.210 e. The Kier molecular flexibility index (Phi) is 6.86. The minimum absolute atomic E-state index is 0.00166. The summed E-state index contributed by atoms with van der Waals surface area (Å²) in [5, 5.41) is 10.6. The fraction of sp³-hybridized carbons (Fsp3) is 0.237. The molecule has 0 saturated carbocycles. The monoisotopic (exact) mass is 581 g/mol. The van der Waals surface area contributed by atoms with Crippen molar-refractivity contribution in [3.8, 4) is 49.8 Å². The molecule has 0 bridgehead atoms. The second-order valence-corrected chi connectivity index (χ2v) is 12.8. The van der Waals surface area contributed by atoms with Gasteiger partial charge in [-0.3, -0.25) is 0 Å². The number of thiophene rings is 1. The minimum atomic E-state index is 0.00166. The summed E-state index contributed by atoms with van der Waals surface area (Å²) in [6.07, 6.45) is 7.61. The standard InChI is InChI=1S/C38H37N4S/c1-5-37(4)36-32(34-20-14-15-23-41(34)38(37,6-2)7-3)25-35(43-36)42-26-33(39-40-42)31-24-29(27-16-10-8-11-17-27)21-22-30(31)28-18-12-9-13-19-28/h8-26H,5-7H2,1-4H3/q+1. The van der Waals surface area contributed by atoms with Gasteiger partial charge < -0.3 is 0 Å². The summed E-state index contributed by atoms with van der Waals surface area (Å²) in [4.78, 5) is 1.45. The quantitative estimate of drug-likeness (QED) is 0.176. The third-order valence-corrected chi connectivity index (χ3v) is 11.3. The van der Waals surface area contributed by atoms with Gasteiger partial charge >= 0.3 is 0 Å². The van der Waals surface area contributed by atoms with E-state index in [0.717, 1.165) is 41.1 Å². The van der Waals surface area contributed by atoms with Crippen LogP contribution in [0.5, 0.6) is 0 Å². The average Bonchev–Trinajstić information content (AvgIpc) is 3.75. The molecule has 1 atom stereocenters. The molecule has 0 saturated heterocycles. The van der Waals surface area contributed by atoms with Gasteiger partial charge in [-0.2, -0.15) is 4.57 Å². The topological polar surface area (TPSA) is 34.6 Å². The van der Waals surface area contributed by atoms with Gasteiger partial charge in [0.2, 0.25) is 5.69 Å². The lowest BCUT2D eigenvalue weighted by atomic mass is 9.62. The van der Waals surface area contributed by atoms with Gasteiger partial charge in [0.25, 0.3) is 0 Å². The van der Waals surface area contributed by atoms with Crippen LogP contribution in [0.3, 0.4) is 0 Å². The van der Waals surface area contributed by atoms with E-state index in [1.165, 1.54) is 32.8 Å². The Balaban J connectivity index is 1.37. The summed E-state index contributed by atoms with van der Waals surface area (Å²) in [6.45, 7) is 9.50. The Labute approximate surface area is 258 Å². The molecule has 5 heteroatoms. The molecule has 3 aromatic carbocycles. The molecule has 6 aromatic rings. The van der Waals surface area contributed by atoms with Crippen molar-refractivity contribution >= 4 is 11.3 Å². The van der Waals surface area contributed by atoms with Crippen molar-refractivity contribution in [2.24, 2.45) is 0 Å². The molecule has 0 fully saturated rings. The highest BCUT2D eigenvalue weighted by molar-refractivity contribution is 7.15. The van der Waals surface area contributed by atoms with Crippen molar-refractivity contribution in [2.45, 2.75) is 57.9 Å². The zero-order valence-corrected chi connectivity index (χ0v) is 26.1. The van der Waals surface area contributed by atoms with Gasteiger partial charge in [0.15, 0.2) is 11.7 Å². The molecular formula is C38H37N4S+. The fourth-order valence-corrected chi connectivity index (χ4v) is 8.80. The number of hydrogen-bond donors (Lipinski definition) is 0. The molecule has 4 heterocycles. The predicted octanol–water partition coefficient (Wildman–Crippen LogP) is 9.48. The Morgan fingerprint density at radius 3 is 2.09 bits per heavy atom. The maximum atomic E-state index is 4.77. The van der Waals surface area contributed by atoms with Crippen LogP contribution in [0.15, 0.2) is 116 Å². The van der Waals surface area contributed by atoms with Gasteiger partial charge in [0.05, 0.1) is 17.2 Å².